The van der Waals surface area contributed by atoms with E-state index in [1.165, 1.54) is 0 Å². The highest BCUT2D eigenvalue weighted by Crippen LogP contribution is 2.17. The molecule has 1 aliphatic rings. The van der Waals surface area contributed by atoms with Gasteiger partial charge in [-0.25, -0.2) is 4.79 Å². The predicted octanol–water partition coefficient (Wildman–Crippen LogP) is -0.178. The van der Waals surface area contributed by atoms with Crippen molar-refractivity contribution in [2.45, 2.75) is 51.1 Å². The number of piperidine rings is 1. The Morgan fingerprint density at radius 2 is 1.90 bits per heavy atom. The lowest BCUT2D eigenvalue weighted by Crippen LogP contribution is -2.54. The molecule has 0 aromatic heterocycles. The maximum atomic E-state index is 12.1. The summed E-state index contributed by atoms with van der Waals surface area (Å²) in [6.45, 7) is 1.91. The first-order valence-corrected chi connectivity index (χ1v) is 6.92. The SMILES string of the molecule is CCC(CC(=O)O)NC(=O)C(=O)N1CCCC[C@@H]1C(=O)O. The van der Waals surface area contributed by atoms with E-state index >= 15 is 0 Å². The van der Waals surface area contributed by atoms with Gasteiger partial charge in [-0.2, -0.15) is 0 Å². The number of aliphatic carboxylic acids is 2. The molecule has 118 valence electrons. The molecule has 1 rings (SSSR count). The molecule has 8 nitrogen and oxygen atoms in total. The van der Waals surface area contributed by atoms with E-state index in [0.29, 0.717) is 25.7 Å². The van der Waals surface area contributed by atoms with Crippen LogP contribution in [0.15, 0.2) is 0 Å². The topological polar surface area (TPSA) is 124 Å². The van der Waals surface area contributed by atoms with Gasteiger partial charge in [-0.15, -0.1) is 0 Å². The Morgan fingerprint density at radius 1 is 1.24 bits per heavy atom. The molecule has 1 unspecified atom stereocenters. The van der Waals surface area contributed by atoms with E-state index in [0.717, 1.165) is 4.90 Å². The number of nitrogens with zero attached hydrogens (tertiary/aromatic N) is 1. The molecule has 0 bridgehead atoms. The largest absolute Gasteiger partial charge is 0.481 e. The molecule has 2 atom stereocenters. The molecule has 3 N–H and O–H groups in total. The van der Waals surface area contributed by atoms with Crippen LogP contribution in [0.1, 0.15) is 39.0 Å². The highest BCUT2D eigenvalue weighted by molar-refractivity contribution is 6.35. The van der Waals surface area contributed by atoms with E-state index in [1.807, 2.05) is 0 Å². The average molecular weight is 300 g/mol. The van der Waals surface area contributed by atoms with E-state index < -0.39 is 35.8 Å². The van der Waals surface area contributed by atoms with Gasteiger partial charge in [0.25, 0.3) is 0 Å². The molecule has 1 saturated heterocycles. The number of rotatable bonds is 5. The molecule has 1 fully saturated rings. The quantitative estimate of drug-likeness (QED) is 0.605. The van der Waals surface area contributed by atoms with E-state index in [-0.39, 0.29) is 13.0 Å². The number of carboxylic acids is 2. The Hall–Kier alpha value is -2.12. The second kappa shape index (κ2) is 7.61. The molecule has 2 amide bonds. The van der Waals surface area contributed by atoms with Crippen molar-refractivity contribution in [3.63, 3.8) is 0 Å². The standard InChI is InChI=1S/C13H20N2O6/c1-2-8(7-10(16)17)14-11(18)12(19)15-6-4-3-5-9(15)13(20)21/h8-9H,2-7H2,1H3,(H,14,18)(H,16,17)(H,20,21)/t8?,9-/m1/s1. The zero-order valence-electron chi connectivity index (χ0n) is 11.9. The number of carbonyl (C=O) groups excluding carboxylic acids is 2. The van der Waals surface area contributed by atoms with Crippen molar-refractivity contribution < 1.29 is 29.4 Å². The Balaban J connectivity index is 2.69. The van der Waals surface area contributed by atoms with Crippen LogP contribution in [-0.2, 0) is 19.2 Å². The van der Waals surface area contributed by atoms with E-state index in [1.54, 1.807) is 6.92 Å². The van der Waals surface area contributed by atoms with Crippen LogP contribution in [0.5, 0.6) is 0 Å². The Labute approximate surface area is 122 Å². The summed E-state index contributed by atoms with van der Waals surface area (Å²) in [4.78, 5) is 46.7. The van der Waals surface area contributed by atoms with Crippen LogP contribution in [0, 0.1) is 0 Å². The normalized spacial score (nSPS) is 19.7. The van der Waals surface area contributed by atoms with E-state index in [9.17, 15) is 19.2 Å². The fourth-order valence-electron chi connectivity index (χ4n) is 2.32. The van der Waals surface area contributed by atoms with Gasteiger partial charge in [0.15, 0.2) is 0 Å². The summed E-state index contributed by atoms with van der Waals surface area (Å²) in [7, 11) is 0. The zero-order chi connectivity index (χ0) is 16.0. The molecular formula is C13H20N2O6. The van der Waals surface area contributed by atoms with Gasteiger partial charge in [0.2, 0.25) is 0 Å². The third kappa shape index (κ3) is 4.73. The number of carbonyl (C=O) groups is 4. The molecule has 0 aliphatic carbocycles. The molecular weight excluding hydrogens is 280 g/mol. The number of likely N-dealkylation sites (tertiary alicyclic amines) is 1. The summed E-state index contributed by atoms with van der Waals surface area (Å²) in [5, 5.41) is 20.1. The summed E-state index contributed by atoms with van der Waals surface area (Å²) in [6.07, 6.45) is 1.75. The van der Waals surface area contributed by atoms with Gasteiger partial charge in [-0.05, 0) is 25.7 Å². The molecule has 21 heavy (non-hydrogen) atoms. The number of hydrogen-bond acceptors (Lipinski definition) is 4. The van der Waals surface area contributed by atoms with Gasteiger partial charge in [-0.1, -0.05) is 6.92 Å². The van der Waals surface area contributed by atoms with Crippen LogP contribution >= 0.6 is 0 Å². The van der Waals surface area contributed by atoms with E-state index in [4.69, 9.17) is 10.2 Å². The molecule has 8 heteroatoms. The zero-order valence-corrected chi connectivity index (χ0v) is 11.9. The van der Waals surface area contributed by atoms with Gasteiger partial charge >= 0.3 is 23.8 Å². The third-order valence-corrected chi connectivity index (χ3v) is 3.49. The van der Waals surface area contributed by atoms with Crippen molar-refractivity contribution in [1.29, 1.82) is 0 Å². The van der Waals surface area contributed by atoms with Crippen LogP contribution in [0.25, 0.3) is 0 Å². The maximum Gasteiger partial charge on any atom is 0.326 e. The van der Waals surface area contributed by atoms with Crippen molar-refractivity contribution in [3.05, 3.63) is 0 Å². The van der Waals surface area contributed by atoms with Crippen LogP contribution < -0.4 is 5.32 Å². The number of amides is 2. The summed E-state index contributed by atoms with van der Waals surface area (Å²) >= 11 is 0. The number of hydrogen-bond donors (Lipinski definition) is 3. The molecule has 0 spiro atoms. The molecule has 1 aliphatic heterocycles. The summed E-state index contributed by atoms with van der Waals surface area (Å²) < 4.78 is 0. The Kier molecular flexibility index (Phi) is 6.13. The molecule has 1 heterocycles. The van der Waals surface area contributed by atoms with Crippen molar-refractivity contribution in [1.82, 2.24) is 10.2 Å². The van der Waals surface area contributed by atoms with Crippen LogP contribution in [-0.4, -0.2) is 57.5 Å². The van der Waals surface area contributed by atoms with E-state index in [2.05, 4.69) is 5.32 Å². The smallest absolute Gasteiger partial charge is 0.326 e. The first-order valence-electron chi connectivity index (χ1n) is 6.92. The predicted molar refractivity (Wildman–Crippen MR) is 71.5 cm³/mol. The highest BCUT2D eigenvalue weighted by atomic mass is 16.4. The summed E-state index contributed by atoms with van der Waals surface area (Å²) in [6, 6.07) is -1.64. The fourth-order valence-corrected chi connectivity index (χ4v) is 2.32. The maximum absolute atomic E-state index is 12.1. The third-order valence-electron chi connectivity index (χ3n) is 3.49. The van der Waals surface area contributed by atoms with Crippen molar-refractivity contribution in [2.24, 2.45) is 0 Å². The second-order valence-electron chi connectivity index (χ2n) is 5.02. The van der Waals surface area contributed by atoms with Crippen LogP contribution in [0.2, 0.25) is 0 Å². The minimum Gasteiger partial charge on any atom is -0.481 e. The van der Waals surface area contributed by atoms with Crippen molar-refractivity contribution >= 4 is 23.8 Å². The Morgan fingerprint density at radius 3 is 2.43 bits per heavy atom. The second-order valence-corrected chi connectivity index (χ2v) is 5.02. The van der Waals surface area contributed by atoms with Gasteiger partial charge in [0.05, 0.1) is 6.42 Å². The molecule has 0 radical (unpaired) electrons. The minimum absolute atomic E-state index is 0.221. The molecule has 0 aromatic carbocycles. The first-order chi connectivity index (χ1) is 9.86. The lowest BCUT2D eigenvalue weighted by atomic mass is 10.0. The van der Waals surface area contributed by atoms with Gasteiger partial charge in [0.1, 0.15) is 6.04 Å². The average Bonchev–Trinajstić information content (AvgIpc) is 2.45. The number of carboxylic acid groups (broad SMARTS) is 2. The van der Waals surface area contributed by atoms with Crippen LogP contribution in [0.3, 0.4) is 0 Å². The van der Waals surface area contributed by atoms with Gasteiger partial charge in [0, 0.05) is 12.6 Å². The summed E-state index contributed by atoms with van der Waals surface area (Å²) in [5.74, 6) is -4.06. The monoisotopic (exact) mass is 300 g/mol. The number of nitrogens with one attached hydrogen (secondary N) is 1. The first kappa shape index (κ1) is 16.9. The van der Waals surface area contributed by atoms with Crippen molar-refractivity contribution in [2.75, 3.05) is 6.54 Å². The highest BCUT2D eigenvalue weighted by Gasteiger charge is 2.35. The minimum atomic E-state index is -1.13. The molecule has 0 aromatic rings. The van der Waals surface area contributed by atoms with Crippen LogP contribution in [0.4, 0.5) is 0 Å². The van der Waals surface area contributed by atoms with Gasteiger partial charge < -0.3 is 20.4 Å². The molecule has 0 saturated carbocycles. The van der Waals surface area contributed by atoms with Gasteiger partial charge in [-0.3, -0.25) is 14.4 Å². The lowest BCUT2D eigenvalue weighted by molar-refractivity contribution is -0.156. The fraction of sp³-hybridized carbons (Fsp3) is 0.692. The van der Waals surface area contributed by atoms with Crippen molar-refractivity contribution in [3.8, 4) is 0 Å². The summed E-state index contributed by atoms with van der Waals surface area (Å²) in [5.41, 5.74) is 0. The Bertz CT molecular complexity index is 436. The lowest BCUT2D eigenvalue weighted by Gasteiger charge is -2.32.